The Morgan fingerprint density at radius 2 is 2.18 bits per heavy atom. The van der Waals surface area contributed by atoms with Gasteiger partial charge in [-0.1, -0.05) is 11.6 Å². The molecule has 1 atom stereocenters. The summed E-state index contributed by atoms with van der Waals surface area (Å²) >= 11 is 5.80. The summed E-state index contributed by atoms with van der Waals surface area (Å²) in [5.41, 5.74) is 6.36. The van der Waals surface area contributed by atoms with Gasteiger partial charge in [-0.3, -0.25) is 0 Å². The average Bonchev–Trinajstić information content (AvgIpc) is 1.94. The highest BCUT2D eigenvalue weighted by Gasteiger charge is 2.04. The molecule has 1 rings (SSSR count). The molecule has 0 fully saturated rings. The summed E-state index contributed by atoms with van der Waals surface area (Å²) in [6, 6.07) is 4.60. The van der Waals surface area contributed by atoms with Crippen LogP contribution < -0.4 is 5.73 Å². The molecule has 0 aliphatic carbocycles. The van der Waals surface area contributed by atoms with Gasteiger partial charge in [-0.15, -0.1) is 0 Å². The van der Waals surface area contributed by atoms with Crippen molar-refractivity contribution in [1.82, 2.24) is 0 Å². The van der Waals surface area contributed by atoms with Crippen molar-refractivity contribution in [3.8, 4) is 5.75 Å². The smallest absolute Gasteiger partial charge is 0.116 e. The first-order valence-corrected chi connectivity index (χ1v) is 3.73. The lowest BCUT2D eigenvalue weighted by atomic mass is 10.1. The quantitative estimate of drug-likeness (QED) is 0.680. The van der Waals surface area contributed by atoms with Crippen LogP contribution >= 0.6 is 11.6 Å². The Morgan fingerprint density at radius 3 is 2.64 bits per heavy atom. The number of aromatic hydroxyl groups is 1. The van der Waals surface area contributed by atoms with Crippen molar-refractivity contribution in [1.29, 1.82) is 0 Å². The Bertz CT molecular complexity index is 260. The van der Waals surface area contributed by atoms with Gasteiger partial charge < -0.3 is 10.8 Å². The number of phenols is 1. The fourth-order valence-electron chi connectivity index (χ4n) is 0.880. The number of rotatable bonds is 1. The second kappa shape index (κ2) is 3.11. The van der Waals surface area contributed by atoms with E-state index >= 15 is 0 Å². The molecule has 0 heterocycles. The molecular weight excluding hydrogens is 162 g/mol. The average molecular weight is 172 g/mol. The van der Waals surface area contributed by atoms with E-state index in [1.54, 1.807) is 12.1 Å². The van der Waals surface area contributed by atoms with Crippen LogP contribution in [0.3, 0.4) is 0 Å². The van der Waals surface area contributed by atoms with Gasteiger partial charge in [0.05, 0.1) is 0 Å². The van der Waals surface area contributed by atoms with Crippen molar-refractivity contribution in [2.24, 2.45) is 5.73 Å². The van der Waals surface area contributed by atoms with Crippen LogP contribution in [0.5, 0.6) is 5.75 Å². The van der Waals surface area contributed by atoms with E-state index in [0.717, 1.165) is 5.56 Å². The molecule has 0 amide bonds. The predicted octanol–water partition coefficient (Wildman–Crippen LogP) is 2.07. The number of benzene rings is 1. The van der Waals surface area contributed by atoms with Gasteiger partial charge in [-0.25, -0.2) is 0 Å². The molecule has 0 aliphatic rings. The van der Waals surface area contributed by atoms with Crippen molar-refractivity contribution in [2.45, 2.75) is 13.0 Å². The van der Waals surface area contributed by atoms with E-state index in [1.165, 1.54) is 6.07 Å². The minimum Gasteiger partial charge on any atom is -0.508 e. The minimum absolute atomic E-state index is 0.144. The van der Waals surface area contributed by atoms with Crippen LogP contribution in [0.4, 0.5) is 0 Å². The molecular formula is C8H10ClNO. The van der Waals surface area contributed by atoms with Gasteiger partial charge in [0.25, 0.3) is 0 Å². The van der Waals surface area contributed by atoms with Crippen molar-refractivity contribution in [2.75, 3.05) is 0 Å². The molecule has 3 heteroatoms. The van der Waals surface area contributed by atoms with Gasteiger partial charge in [0.1, 0.15) is 5.75 Å². The maximum atomic E-state index is 9.07. The molecule has 3 N–H and O–H groups in total. The highest BCUT2D eigenvalue weighted by atomic mass is 35.5. The molecule has 11 heavy (non-hydrogen) atoms. The third-order valence-electron chi connectivity index (χ3n) is 1.47. The lowest BCUT2D eigenvalue weighted by Gasteiger charge is -2.07. The van der Waals surface area contributed by atoms with Crippen LogP contribution in [-0.4, -0.2) is 5.11 Å². The monoisotopic (exact) mass is 171 g/mol. The number of phenolic OH excluding ortho intramolecular Hbond substituents is 1. The third kappa shape index (κ3) is 1.85. The fraction of sp³-hybridized carbons (Fsp3) is 0.250. The molecule has 0 bridgehead atoms. The maximum Gasteiger partial charge on any atom is 0.116 e. The lowest BCUT2D eigenvalue weighted by Crippen LogP contribution is -2.05. The van der Waals surface area contributed by atoms with Gasteiger partial charge in [-0.05, 0) is 30.7 Å². The van der Waals surface area contributed by atoms with Gasteiger partial charge >= 0.3 is 0 Å². The summed E-state index contributed by atoms with van der Waals surface area (Å²) in [6.07, 6.45) is 0. The third-order valence-corrected chi connectivity index (χ3v) is 1.81. The van der Waals surface area contributed by atoms with Crippen LogP contribution in [0.1, 0.15) is 18.5 Å². The zero-order valence-electron chi connectivity index (χ0n) is 6.21. The second-order valence-corrected chi connectivity index (χ2v) is 2.90. The van der Waals surface area contributed by atoms with Crippen LogP contribution in [0.25, 0.3) is 0 Å². The number of halogens is 1. The lowest BCUT2D eigenvalue weighted by molar-refractivity contribution is 0.474. The Balaban J connectivity index is 3.13. The molecule has 0 aliphatic heterocycles. The van der Waals surface area contributed by atoms with Gasteiger partial charge in [0, 0.05) is 11.1 Å². The van der Waals surface area contributed by atoms with E-state index in [-0.39, 0.29) is 11.8 Å². The zero-order valence-corrected chi connectivity index (χ0v) is 6.97. The highest BCUT2D eigenvalue weighted by Crippen LogP contribution is 2.24. The first-order valence-electron chi connectivity index (χ1n) is 3.35. The van der Waals surface area contributed by atoms with E-state index in [9.17, 15) is 0 Å². The van der Waals surface area contributed by atoms with Crippen molar-refractivity contribution >= 4 is 11.6 Å². The molecule has 0 spiro atoms. The van der Waals surface area contributed by atoms with Crippen LogP contribution in [0, 0.1) is 0 Å². The Labute approximate surface area is 70.6 Å². The van der Waals surface area contributed by atoms with E-state index in [2.05, 4.69) is 0 Å². The maximum absolute atomic E-state index is 9.07. The summed E-state index contributed by atoms with van der Waals surface area (Å²) < 4.78 is 0. The van der Waals surface area contributed by atoms with E-state index in [4.69, 9.17) is 22.4 Å². The van der Waals surface area contributed by atoms with E-state index in [1.807, 2.05) is 6.92 Å². The van der Waals surface area contributed by atoms with Crippen LogP contribution in [-0.2, 0) is 0 Å². The van der Waals surface area contributed by atoms with E-state index < -0.39 is 0 Å². The van der Waals surface area contributed by atoms with Gasteiger partial charge in [0.15, 0.2) is 0 Å². The number of nitrogens with two attached hydrogens (primary N) is 1. The molecule has 1 aromatic rings. The van der Waals surface area contributed by atoms with Crippen molar-refractivity contribution < 1.29 is 5.11 Å². The molecule has 0 radical (unpaired) electrons. The summed E-state index contributed by atoms with van der Waals surface area (Å²) in [5.74, 6) is 0.196. The van der Waals surface area contributed by atoms with Crippen LogP contribution in [0.2, 0.25) is 5.02 Å². The zero-order chi connectivity index (χ0) is 8.43. The summed E-state index contributed by atoms with van der Waals surface area (Å²) in [5, 5.41) is 9.67. The van der Waals surface area contributed by atoms with Gasteiger partial charge in [0.2, 0.25) is 0 Å². The molecule has 0 saturated carbocycles. The second-order valence-electron chi connectivity index (χ2n) is 2.49. The standard InChI is InChI=1S/C8H10ClNO/c1-5(10)7-4-6(11)2-3-8(7)9/h2-5,11H,10H2,1H3. The topological polar surface area (TPSA) is 46.2 Å². The predicted molar refractivity (Wildman–Crippen MR) is 45.7 cm³/mol. The van der Waals surface area contributed by atoms with E-state index in [0.29, 0.717) is 5.02 Å². The number of hydrogen-bond donors (Lipinski definition) is 2. The summed E-state index contributed by atoms with van der Waals surface area (Å²) in [4.78, 5) is 0. The molecule has 60 valence electrons. The fourth-order valence-corrected chi connectivity index (χ4v) is 1.17. The molecule has 2 nitrogen and oxygen atoms in total. The highest BCUT2D eigenvalue weighted by molar-refractivity contribution is 6.31. The Morgan fingerprint density at radius 1 is 1.55 bits per heavy atom. The molecule has 0 saturated heterocycles. The molecule has 1 unspecified atom stereocenters. The Kier molecular flexibility index (Phi) is 2.37. The normalized spacial score (nSPS) is 13.0. The van der Waals surface area contributed by atoms with Gasteiger partial charge in [-0.2, -0.15) is 0 Å². The first-order chi connectivity index (χ1) is 5.11. The summed E-state index contributed by atoms with van der Waals surface area (Å²) in [7, 11) is 0. The molecule has 1 aromatic carbocycles. The Hall–Kier alpha value is -0.730. The van der Waals surface area contributed by atoms with Crippen molar-refractivity contribution in [3.63, 3.8) is 0 Å². The number of hydrogen-bond acceptors (Lipinski definition) is 2. The SMILES string of the molecule is CC(N)c1cc(O)ccc1Cl. The van der Waals surface area contributed by atoms with Crippen LogP contribution in [0.15, 0.2) is 18.2 Å². The minimum atomic E-state index is -0.144. The largest absolute Gasteiger partial charge is 0.508 e. The summed E-state index contributed by atoms with van der Waals surface area (Å²) in [6.45, 7) is 1.82. The van der Waals surface area contributed by atoms with Crippen molar-refractivity contribution in [3.05, 3.63) is 28.8 Å². The first kappa shape index (κ1) is 8.37. The molecule has 0 aromatic heterocycles.